The highest BCUT2D eigenvalue weighted by molar-refractivity contribution is 5.03. The first-order chi connectivity index (χ1) is 8.37. The highest BCUT2D eigenvalue weighted by Crippen LogP contribution is 2.39. The van der Waals surface area contributed by atoms with Crippen LogP contribution in [0.2, 0.25) is 0 Å². The van der Waals surface area contributed by atoms with Crippen molar-refractivity contribution < 1.29 is 0 Å². The van der Waals surface area contributed by atoms with Crippen LogP contribution < -0.4 is 5.73 Å². The number of nitrogens with zero attached hydrogens (tertiary/aromatic N) is 2. The summed E-state index contributed by atoms with van der Waals surface area (Å²) < 4.78 is 2.04. The van der Waals surface area contributed by atoms with Crippen LogP contribution in [-0.2, 0) is 6.42 Å². The first-order valence-corrected chi connectivity index (χ1v) is 7.17. The largest absolute Gasteiger partial charge is 0.327 e. The van der Waals surface area contributed by atoms with Gasteiger partial charge in [0, 0.05) is 18.3 Å². The Kier molecular flexibility index (Phi) is 3.81. The predicted octanol–water partition coefficient (Wildman–Crippen LogP) is 3.16. The summed E-state index contributed by atoms with van der Waals surface area (Å²) in [6, 6.07) is 2.94. The molecule has 2 rings (SSSR count). The molecule has 0 radical (unpaired) electrons. The Hall–Kier alpha value is -0.830. The average Bonchev–Trinajstić information content (AvgIpc) is 2.72. The van der Waals surface area contributed by atoms with Crippen LogP contribution in [0.15, 0.2) is 12.3 Å². The van der Waals surface area contributed by atoms with E-state index in [2.05, 4.69) is 45.1 Å². The molecule has 2 unspecified atom stereocenters. The first-order valence-electron chi connectivity index (χ1n) is 7.17. The van der Waals surface area contributed by atoms with Gasteiger partial charge in [-0.1, -0.05) is 13.8 Å². The molecule has 0 spiro atoms. The van der Waals surface area contributed by atoms with Crippen molar-refractivity contribution >= 4 is 0 Å². The Morgan fingerprint density at radius 1 is 1.50 bits per heavy atom. The Morgan fingerprint density at radius 2 is 2.22 bits per heavy atom. The SMILES string of the molecule is CC(C)n1ccc(CC2CC(C)(C)CCC2N)n1. The molecule has 1 aromatic heterocycles. The van der Waals surface area contributed by atoms with E-state index in [1.165, 1.54) is 18.5 Å². The molecule has 0 bridgehead atoms. The van der Waals surface area contributed by atoms with Gasteiger partial charge >= 0.3 is 0 Å². The summed E-state index contributed by atoms with van der Waals surface area (Å²) in [5.74, 6) is 0.587. The van der Waals surface area contributed by atoms with Gasteiger partial charge in [0.25, 0.3) is 0 Å². The lowest BCUT2D eigenvalue weighted by Gasteiger charge is -2.39. The molecule has 1 heterocycles. The maximum atomic E-state index is 6.28. The summed E-state index contributed by atoms with van der Waals surface area (Å²) in [5.41, 5.74) is 7.92. The third-order valence-electron chi connectivity index (χ3n) is 4.24. The van der Waals surface area contributed by atoms with Crippen molar-refractivity contribution in [2.75, 3.05) is 0 Å². The van der Waals surface area contributed by atoms with Gasteiger partial charge in [-0.3, -0.25) is 4.68 Å². The van der Waals surface area contributed by atoms with E-state index in [1.807, 2.05) is 4.68 Å². The highest BCUT2D eigenvalue weighted by Gasteiger charge is 2.33. The summed E-state index contributed by atoms with van der Waals surface area (Å²) in [6.07, 6.45) is 6.75. The zero-order valence-electron chi connectivity index (χ0n) is 12.2. The standard InChI is InChI=1S/C15H27N3/c1-11(2)18-8-6-13(17-18)9-12-10-15(3,4)7-5-14(12)16/h6,8,11-12,14H,5,7,9-10,16H2,1-4H3. The molecule has 0 aromatic carbocycles. The molecule has 1 aliphatic rings. The zero-order chi connectivity index (χ0) is 13.3. The lowest BCUT2D eigenvalue weighted by molar-refractivity contribution is 0.156. The van der Waals surface area contributed by atoms with Gasteiger partial charge in [0.1, 0.15) is 0 Å². The summed E-state index contributed by atoms with van der Waals surface area (Å²) in [7, 11) is 0. The van der Waals surface area contributed by atoms with E-state index in [-0.39, 0.29) is 0 Å². The predicted molar refractivity (Wildman–Crippen MR) is 75.4 cm³/mol. The van der Waals surface area contributed by atoms with Crippen LogP contribution in [0.1, 0.15) is 58.7 Å². The van der Waals surface area contributed by atoms with Crippen molar-refractivity contribution in [3.8, 4) is 0 Å². The Labute approximate surface area is 111 Å². The second-order valence-corrected chi connectivity index (χ2v) is 6.92. The van der Waals surface area contributed by atoms with Gasteiger partial charge in [-0.15, -0.1) is 0 Å². The molecule has 3 nitrogen and oxygen atoms in total. The van der Waals surface area contributed by atoms with Gasteiger partial charge in [-0.05, 0) is 56.9 Å². The molecule has 0 saturated heterocycles. The molecular weight excluding hydrogens is 222 g/mol. The number of hydrogen-bond acceptors (Lipinski definition) is 2. The van der Waals surface area contributed by atoms with E-state index in [0.717, 1.165) is 12.8 Å². The Balaban J connectivity index is 2.02. The molecule has 102 valence electrons. The molecule has 1 fully saturated rings. The smallest absolute Gasteiger partial charge is 0.0628 e. The van der Waals surface area contributed by atoms with Crippen LogP contribution in [0.4, 0.5) is 0 Å². The normalized spacial score (nSPS) is 27.7. The Bertz CT molecular complexity index is 392. The van der Waals surface area contributed by atoms with Crippen LogP contribution in [0, 0.1) is 11.3 Å². The number of nitrogens with two attached hydrogens (primary N) is 1. The summed E-state index contributed by atoms with van der Waals surface area (Å²) in [6.45, 7) is 9.04. The summed E-state index contributed by atoms with van der Waals surface area (Å²) >= 11 is 0. The second-order valence-electron chi connectivity index (χ2n) is 6.92. The molecule has 2 atom stereocenters. The minimum absolute atomic E-state index is 0.349. The molecule has 1 aromatic rings. The second kappa shape index (κ2) is 5.04. The lowest BCUT2D eigenvalue weighted by atomic mass is 9.69. The maximum absolute atomic E-state index is 6.28. The van der Waals surface area contributed by atoms with Crippen LogP contribution in [0.25, 0.3) is 0 Å². The molecule has 1 saturated carbocycles. The van der Waals surface area contributed by atoms with Gasteiger partial charge in [0.2, 0.25) is 0 Å². The minimum Gasteiger partial charge on any atom is -0.327 e. The van der Waals surface area contributed by atoms with Crippen molar-refractivity contribution in [2.45, 2.75) is 65.5 Å². The fourth-order valence-corrected chi connectivity index (χ4v) is 3.02. The van der Waals surface area contributed by atoms with E-state index in [9.17, 15) is 0 Å². The van der Waals surface area contributed by atoms with Crippen molar-refractivity contribution in [2.24, 2.45) is 17.1 Å². The highest BCUT2D eigenvalue weighted by atomic mass is 15.3. The summed E-state index contributed by atoms with van der Waals surface area (Å²) in [4.78, 5) is 0. The molecule has 2 N–H and O–H groups in total. The van der Waals surface area contributed by atoms with Gasteiger partial charge in [0.05, 0.1) is 5.69 Å². The van der Waals surface area contributed by atoms with Crippen molar-refractivity contribution in [1.29, 1.82) is 0 Å². The fraction of sp³-hybridized carbons (Fsp3) is 0.800. The van der Waals surface area contributed by atoms with Crippen LogP contribution in [0.3, 0.4) is 0 Å². The Morgan fingerprint density at radius 3 is 2.83 bits per heavy atom. The zero-order valence-corrected chi connectivity index (χ0v) is 12.2. The maximum Gasteiger partial charge on any atom is 0.0628 e. The van der Waals surface area contributed by atoms with Gasteiger partial charge in [0.15, 0.2) is 0 Å². The number of hydrogen-bond donors (Lipinski definition) is 1. The third kappa shape index (κ3) is 3.14. The third-order valence-corrected chi connectivity index (χ3v) is 4.24. The van der Waals surface area contributed by atoms with Crippen LogP contribution in [-0.4, -0.2) is 15.8 Å². The van der Waals surface area contributed by atoms with Gasteiger partial charge in [-0.2, -0.15) is 5.10 Å². The van der Waals surface area contributed by atoms with Gasteiger partial charge < -0.3 is 5.73 Å². The van der Waals surface area contributed by atoms with E-state index < -0.39 is 0 Å². The quantitative estimate of drug-likeness (QED) is 0.894. The monoisotopic (exact) mass is 249 g/mol. The molecule has 18 heavy (non-hydrogen) atoms. The minimum atomic E-state index is 0.349. The molecular formula is C15H27N3. The van der Waals surface area contributed by atoms with Crippen molar-refractivity contribution in [3.05, 3.63) is 18.0 Å². The number of rotatable bonds is 3. The first kappa shape index (κ1) is 13.6. The molecule has 1 aliphatic carbocycles. The van der Waals surface area contributed by atoms with Crippen molar-refractivity contribution in [1.82, 2.24) is 9.78 Å². The fourth-order valence-electron chi connectivity index (χ4n) is 3.02. The average molecular weight is 249 g/mol. The molecule has 0 amide bonds. The van der Waals surface area contributed by atoms with Crippen molar-refractivity contribution in [3.63, 3.8) is 0 Å². The lowest BCUT2D eigenvalue weighted by Crippen LogP contribution is -2.40. The van der Waals surface area contributed by atoms with E-state index in [1.54, 1.807) is 0 Å². The molecule has 0 aliphatic heterocycles. The van der Waals surface area contributed by atoms with Crippen LogP contribution >= 0.6 is 0 Å². The number of aromatic nitrogens is 2. The molecule has 3 heteroatoms. The van der Waals surface area contributed by atoms with Crippen LogP contribution in [0.5, 0.6) is 0 Å². The van der Waals surface area contributed by atoms with E-state index in [4.69, 9.17) is 5.73 Å². The summed E-state index contributed by atoms with van der Waals surface area (Å²) in [5, 5.41) is 4.65. The van der Waals surface area contributed by atoms with E-state index in [0.29, 0.717) is 23.4 Å². The van der Waals surface area contributed by atoms with E-state index >= 15 is 0 Å². The van der Waals surface area contributed by atoms with Gasteiger partial charge in [-0.25, -0.2) is 0 Å². The topological polar surface area (TPSA) is 43.8 Å².